The number of benzene rings is 2. The maximum Gasteiger partial charge on any atom is 0.348 e. The van der Waals surface area contributed by atoms with Crippen molar-refractivity contribution in [1.29, 1.82) is 0 Å². The lowest BCUT2D eigenvalue weighted by molar-refractivity contribution is -0.113. The van der Waals surface area contributed by atoms with Crippen LogP contribution in [0.3, 0.4) is 0 Å². The number of anilines is 3. The van der Waals surface area contributed by atoms with Crippen molar-refractivity contribution < 1.29 is 9.59 Å². The van der Waals surface area contributed by atoms with E-state index >= 15 is 0 Å². The summed E-state index contributed by atoms with van der Waals surface area (Å²) in [6.07, 6.45) is 1.41. The Hall–Kier alpha value is -2.99. The summed E-state index contributed by atoms with van der Waals surface area (Å²) in [5, 5.41) is 1.81. The lowest BCUT2D eigenvalue weighted by Gasteiger charge is -2.24. The summed E-state index contributed by atoms with van der Waals surface area (Å²) in [4.78, 5) is 28.3. The average Bonchev–Trinajstić information content (AvgIpc) is 2.77. The van der Waals surface area contributed by atoms with Gasteiger partial charge in [0, 0.05) is 23.8 Å². The number of nitrogens with one attached hydrogen (secondary N) is 1. The van der Waals surface area contributed by atoms with E-state index in [0.717, 1.165) is 0 Å². The summed E-state index contributed by atoms with van der Waals surface area (Å²) >= 11 is 6.15. The summed E-state index contributed by atoms with van der Waals surface area (Å²) in [7, 11) is 1.60. The SMILES string of the molecule is CN1NC2=CC(=O)N(c3ccccc3)c3cc(Cl)ccc3N2C1=O. The first-order valence-corrected chi connectivity index (χ1v) is 7.69. The fourth-order valence-electron chi connectivity index (χ4n) is 2.86. The minimum atomic E-state index is -0.271. The van der Waals surface area contributed by atoms with E-state index < -0.39 is 0 Å². The smallest absolute Gasteiger partial charge is 0.279 e. The second kappa shape index (κ2) is 5.28. The number of rotatable bonds is 1. The van der Waals surface area contributed by atoms with Crippen LogP contribution in [-0.2, 0) is 4.79 Å². The van der Waals surface area contributed by atoms with Gasteiger partial charge in [-0.15, -0.1) is 0 Å². The monoisotopic (exact) mass is 340 g/mol. The van der Waals surface area contributed by atoms with Crippen LogP contribution in [0, 0.1) is 0 Å². The van der Waals surface area contributed by atoms with Gasteiger partial charge in [-0.2, -0.15) is 0 Å². The van der Waals surface area contributed by atoms with Crippen LogP contribution in [0.5, 0.6) is 0 Å². The molecule has 120 valence electrons. The summed E-state index contributed by atoms with van der Waals surface area (Å²) in [6.45, 7) is 0. The van der Waals surface area contributed by atoms with E-state index in [0.29, 0.717) is 27.9 Å². The van der Waals surface area contributed by atoms with Crippen LogP contribution in [0.15, 0.2) is 60.4 Å². The van der Waals surface area contributed by atoms with Crippen LogP contribution < -0.4 is 15.2 Å². The van der Waals surface area contributed by atoms with E-state index in [1.165, 1.54) is 16.0 Å². The Morgan fingerprint density at radius 2 is 1.71 bits per heavy atom. The highest BCUT2D eigenvalue weighted by Gasteiger charge is 2.38. The standard InChI is InChI=1S/C17H13ClN4O2/c1-20-17(24)22-13-8-7-11(18)9-14(13)21(12-5-3-2-4-6-12)16(23)10-15(22)19-20/h2-10,19H,1H3. The van der Waals surface area contributed by atoms with Crippen LogP contribution in [0.4, 0.5) is 21.9 Å². The molecule has 1 saturated heterocycles. The van der Waals surface area contributed by atoms with Crippen LogP contribution in [-0.4, -0.2) is 24.0 Å². The van der Waals surface area contributed by atoms with Gasteiger partial charge >= 0.3 is 6.03 Å². The van der Waals surface area contributed by atoms with E-state index in [4.69, 9.17) is 11.6 Å². The number of hydrogen-bond donors (Lipinski definition) is 1. The highest BCUT2D eigenvalue weighted by Crippen LogP contribution is 2.41. The molecule has 2 aliphatic rings. The van der Waals surface area contributed by atoms with Gasteiger partial charge in [-0.1, -0.05) is 29.8 Å². The van der Waals surface area contributed by atoms with E-state index in [-0.39, 0.29) is 11.9 Å². The fourth-order valence-corrected chi connectivity index (χ4v) is 3.03. The molecular formula is C17H13ClN4O2. The first-order chi connectivity index (χ1) is 11.6. The van der Waals surface area contributed by atoms with Crippen molar-refractivity contribution in [2.24, 2.45) is 0 Å². The largest absolute Gasteiger partial charge is 0.348 e. The van der Waals surface area contributed by atoms with Gasteiger partial charge in [0.15, 0.2) is 0 Å². The molecule has 0 saturated carbocycles. The molecule has 0 unspecified atom stereocenters. The van der Waals surface area contributed by atoms with E-state index in [1.54, 1.807) is 30.1 Å². The van der Waals surface area contributed by atoms with Crippen molar-refractivity contribution in [3.05, 3.63) is 65.5 Å². The molecule has 3 amide bonds. The van der Waals surface area contributed by atoms with Crippen LogP contribution in [0.1, 0.15) is 0 Å². The van der Waals surface area contributed by atoms with Crippen LogP contribution in [0.25, 0.3) is 0 Å². The van der Waals surface area contributed by atoms with E-state index in [1.807, 2.05) is 30.3 Å². The van der Waals surface area contributed by atoms with Crippen molar-refractivity contribution in [3.63, 3.8) is 0 Å². The molecular weight excluding hydrogens is 328 g/mol. The van der Waals surface area contributed by atoms with Gasteiger partial charge in [0.25, 0.3) is 5.91 Å². The Morgan fingerprint density at radius 3 is 2.46 bits per heavy atom. The van der Waals surface area contributed by atoms with Gasteiger partial charge in [0.05, 0.1) is 11.4 Å². The number of urea groups is 1. The number of carbonyl (C=O) groups is 2. The zero-order valence-corrected chi connectivity index (χ0v) is 13.5. The predicted molar refractivity (Wildman–Crippen MR) is 91.9 cm³/mol. The Morgan fingerprint density at radius 1 is 0.958 bits per heavy atom. The summed E-state index contributed by atoms with van der Waals surface area (Å²) in [5.41, 5.74) is 4.73. The van der Waals surface area contributed by atoms with Gasteiger partial charge in [-0.05, 0) is 30.3 Å². The molecule has 2 aromatic carbocycles. The molecule has 0 aromatic heterocycles. The molecule has 0 aliphatic carbocycles. The van der Waals surface area contributed by atoms with E-state index in [9.17, 15) is 9.59 Å². The fraction of sp³-hybridized carbons (Fsp3) is 0.0588. The van der Waals surface area contributed by atoms with E-state index in [2.05, 4.69) is 5.43 Å². The second-order valence-electron chi connectivity index (χ2n) is 5.46. The van der Waals surface area contributed by atoms with Crippen molar-refractivity contribution >= 4 is 40.6 Å². The average molecular weight is 341 g/mol. The molecule has 1 fully saturated rings. The minimum absolute atomic E-state index is 0.266. The predicted octanol–water partition coefficient (Wildman–Crippen LogP) is 3.24. The maximum atomic E-state index is 12.9. The number of hydrogen-bond acceptors (Lipinski definition) is 3. The molecule has 0 radical (unpaired) electrons. The Kier molecular flexibility index (Phi) is 3.21. The Balaban J connectivity index is 1.97. The number of halogens is 1. The summed E-state index contributed by atoms with van der Waals surface area (Å²) in [5.74, 6) is 0.146. The maximum absolute atomic E-state index is 12.9. The quantitative estimate of drug-likeness (QED) is 0.867. The zero-order chi connectivity index (χ0) is 16.8. The van der Waals surface area contributed by atoms with Crippen LogP contribution in [0.2, 0.25) is 5.02 Å². The molecule has 2 heterocycles. The van der Waals surface area contributed by atoms with Gasteiger partial charge in [0.1, 0.15) is 5.82 Å². The first-order valence-electron chi connectivity index (χ1n) is 7.31. The zero-order valence-electron chi connectivity index (χ0n) is 12.7. The Labute approximate surface area is 143 Å². The van der Waals surface area contributed by atoms with Crippen molar-refractivity contribution in [2.75, 3.05) is 16.8 Å². The number of para-hydroxylation sites is 1. The number of hydrazine groups is 1. The molecule has 0 atom stereocenters. The molecule has 6 nitrogen and oxygen atoms in total. The van der Waals surface area contributed by atoms with Crippen molar-refractivity contribution in [2.45, 2.75) is 0 Å². The van der Waals surface area contributed by atoms with Gasteiger partial charge in [0.2, 0.25) is 0 Å². The normalized spacial score (nSPS) is 16.4. The first kappa shape index (κ1) is 14.6. The van der Waals surface area contributed by atoms with Gasteiger partial charge in [-0.3, -0.25) is 15.1 Å². The van der Waals surface area contributed by atoms with Gasteiger partial charge in [-0.25, -0.2) is 14.7 Å². The van der Waals surface area contributed by atoms with Crippen molar-refractivity contribution in [1.82, 2.24) is 10.4 Å². The topological polar surface area (TPSA) is 55.9 Å². The number of carbonyl (C=O) groups excluding carboxylic acids is 2. The minimum Gasteiger partial charge on any atom is -0.279 e. The molecule has 0 bridgehead atoms. The molecule has 2 aliphatic heterocycles. The highest BCUT2D eigenvalue weighted by atomic mass is 35.5. The number of fused-ring (bicyclic) bond motifs is 3. The highest BCUT2D eigenvalue weighted by molar-refractivity contribution is 6.31. The second-order valence-corrected chi connectivity index (χ2v) is 5.90. The third-order valence-corrected chi connectivity index (χ3v) is 4.15. The molecule has 4 rings (SSSR count). The van der Waals surface area contributed by atoms with Crippen molar-refractivity contribution in [3.8, 4) is 0 Å². The van der Waals surface area contributed by atoms with Gasteiger partial charge < -0.3 is 0 Å². The lowest BCUT2D eigenvalue weighted by atomic mass is 10.2. The molecule has 7 heteroatoms. The Bertz CT molecular complexity index is 881. The summed E-state index contributed by atoms with van der Waals surface area (Å²) in [6, 6.07) is 14.1. The third kappa shape index (κ3) is 2.11. The molecule has 2 aromatic rings. The number of nitrogens with zero attached hydrogens (tertiary/aromatic N) is 3. The number of amides is 3. The summed E-state index contributed by atoms with van der Waals surface area (Å²) < 4.78 is 0. The lowest BCUT2D eigenvalue weighted by Crippen LogP contribution is -2.32. The van der Waals surface area contributed by atoms with Crippen LogP contribution >= 0.6 is 11.6 Å². The molecule has 0 spiro atoms. The molecule has 24 heavy (non-hydrogen) atoms. The third-order valence-electron chi connectivity index (χ3n) is 3.92. The molecule has 1 N–H and O–H groups in total.